The van der Waals surface area contributed by atoms with E-state index in [0.29, 0.717) is 33.3 Å². The predicted molar refractivity (Wildman–Crippen MR) is 120 cm³/mol. The first-order valence-electron chi connectivity index (χ1n) is 9.57. The Hall–Kier alpha value is -3.85. The Kier molecular flexibility index (Phi) is 4.79. The summed E-state index contributed by atoms with van der Waals surface area (Å²) in [6, 6.07) is 16.5. The number of carbonyl (C=O) groups is 1. The number of furan rings is 1. The van der Waals surface area contributed by atoms with Crippen molar-refractivity contribution >= 4 is 45.3 Å². The van der Waals surface area contributed by atoms with E-state index in [9.17, 15) is 9.59 Å². The molecule has 154 valence electrons. The quantitative estimate of drug-likeness (QED) is 0.284. The summed E-state index contributed by atoms with van der Waals surface area (Å²) in [5.74, 6) is 0.864. The summed E-state index contributed by atoms with van der Waals surface area (Å²) >= 11 is 1.35. The molecule has 0 unspecified atom stereocenters. The monoisotopic (exact) mass is 431 g/mol. The lowest BCUT2D eigenvalue weighted by Gasteiger charge is -2.13. The average molecular weight is 431 g/mol. The van der Waals surface area contributed by atoms with Crippen LogP contribution in [0.1, 0.15) is 6.92 Å². The van der Waals surface area contributed by atoms with Crippen LogP contribution in [0.15, 0.2) is 75.1 Å². The third-order valence-electron chi connectivity index (χ3n) is 4.75. The van der Waals surface area contributed by atoms with Gasteiger partial charge < -0.3 is 19.7 Å². The largest absolute Gasteiger partial charge is 0.461 e. The zero-order chi connectivity index (χ0) is 21.4. The third-order valence-corrected chi connectivity index (χ3v) is 5.85. The summed E-state index contributed by atoms with van der Waals surface area (Å²) in [6.45, 7) is 1.82. The molecule has 2 aromatic carbocycles. The van der Waals surface area contributed by atoms with Crippen LogP contribution in [0.2, 0.25) is 0 Å². The molecule has 0 spiro atoms. The molecule has 3 N–H and O–H groups in total. The van der Waals surface area contributed by atoms with E-state index in [0.717, 1.165) is 10.9 Å². The van der Waals surface area contributed by atoms with Gasteiger partial charge in [0.2, 0.25) is 5.91 Å². The number of benzene rings is 2. The number of imidazole rings is 1. The van der Waals surface area contributed by atoms with E-state index in [2.05, 4.69) is 25.3 Å². The number of nitrogens with zero attached hydrogens (tertiary/aromatic N) is 2. The predicted octanol–water partition coefficient (Wildman–Crippen LogP) is 4.18. The number of fused-ring (bicyclic) bond motifs is 2. The van der Waals surface area contributed by atoms with Gasteiger partial charge in [0, 0.05) is 11.1 Å². The SMILES string of the molecule is C[C@H](Sc1nc(-c2ccco2)nc2ccccc12)C(=O)Nc1ccc2[nH]c(=O)[nH]c2c1. The normalized spacial score (nSPS) is 12.3. The average Bonchev–Trinajstić information content (AvgIpc) is 3.42. The lowest BCUT2D eigenvalue weighted by Crippen LogP contribution is -2.22. The van der Waals surface area contributed by atoms with E-state index >= 15 is 0 Å². The van der Waals surface area contributed by atoms with Gasteiger partial charge in [-0.05, 0) is 43.3 Å². The van der Waals surface area contributed by atoms with Gasteiger partial charge >= 0.3 is 5.69 Å². The maximum Gasteiger partial charge on any atom is 0.323 e. The van der Waals surface area contributed by atoms with Crippen LogP contribution in [0.3, 0.4) is 0 Å². The van der Waals surface area contributed by atoms with Crippen LogP contribution in [-0.4, -0.2) is 31.1 Å². The number of para-hydroxylation sites is 1. The molecule has 0 aliphatic carbocycles. The fourth-order valence-corrected chi connectivity index (χ4v) is 4.17. The molecule has 8 nitrogen and oxygen atoms in total. The van der Waals surface area contributed by atoms with Gasteiger partial charge in [0.25, 0.3) is 0 Å². The number of aromatic nitrogens is 4. The van der Waals surface area contributed by atoms with E-state index in [1.807, 2.05) is 31.2 Å². The zero-order valence-corrected chi connectivity index (χ0v) is 17.2. The minimum absolute atomic E-state index is 0.176. The minimum Gasteiger partial charge on any atom is -0.461 e. The summed E-state index contributed by atoms with van der Waals surface area (Å²) in [7, 11) is 0. The number of amides is 1. The number of hydrogen-bond donors (Lipinski definition) is 3. The third kappa shape index (κ3) is 3.82. The summed E-state index contributed by atoms with van der Waals surface area (Å²) in [4.78, 5) is 38.9. The smallest absolute Gasteiger partial charge is 0.323 e. The van der Waals surface area contributed by atoms with Crippen LogP contribution < -0.4 is 11.0 Å². The molecule has 1 atom stereocenters. The summed E-state index contributed by atoms with van der Waals surface area (Å²) < 4.78 is 5.45. The highest BCUT2D eigenvalue weighted by molar-refractivity contribution is 8.00. The van der Waals surface area contributed by atoms with Gasteiger partial charge in [-0.3, -0.25) is 4.79 Å². The van der Waals surface area contributed by atoms with E-state index in [1.165, 1.54) is 11.8 Å². The van der Waals surface area contributed by atoms with Crippen LogP contribution in [0.25, 0.3) is 33.5 Å². The first-order chi connectivity index (χ1) is 15.1. The van der Waals surface area contributed by atoms with Gasteiger partial charge in [0.1, 0.15) is 5.03 Å². The highest BCUT2D eigenvalue weighted by Crippen LogP contribution is 2.31. The van der Waals surface area contributed by atoms with Crippen molar-refractivity contribution in [1.29, 1.82) is 0 Å². The van der Waals surface area contributed by atoms with Gasteiger partial charge in [0.15, 0.2) is 11.6 Å². The van der Waals surface area contributed by atoms with Crippen LogP contribution in [0.5, 0.6) is 0 Å². The molecule has 0 saturated carbocycles. The van der Waals surface area contributed by atoms with Gasteiger partial charge in [0.05, 0.1) is 28.1 Å². The molecule has 0 radical (unpaired) electrons. The van der Waals surface area contributed by atoms with E-state index in [1.54, 1.807) is 36.6 Å². The Labute approximate surface area is 180 Å². The van der Waals surface area contributed by atoms with Crippen molar-refractivity contribution < 1.29 is 9.21 Å². The van der Waals surface area contributed by atoms with Crippen molar-refractivity contribution in [2.24, 2.45) is 0 Å². The molecule has 5 rings (SSSR count). The highest BCUT2D eigenvalue weighted by Gasteiger charge is 2.19. The molecular weight excluding hydrogens is 414 g/mol. The Balaban J connectivity index is 1.41. The number of nitrogens with one attached hydrogen (secondary N) is 3. The van der Waals surface area contributed by atoms with Crippen LogP contribution in [0, 0.1) is 0 Å². The number of anilines is 1. The second-order valence-electron chi connectivity index (χ2n) is 6.94. The van der Waals surface area contributed by atoms with E-state index < -0.39 is 5.25 Å². The first kappa shape index (κ1) is 19.1. The highest BCUT2D eigenvalue weighted by atomic mass is 32.2. The first-order valence-corrected chi connectivity index (χ1v) is 10.4. The number of aromatic amines is 2. The summed E-state index contributed by atoms with van der Waals surface area (Å²) in [6.07, 6.45) is 1.57. The fourth-order valence-electron chi connectivity index (χ4n) is 3.23. The van der Waals surface area contributed by atoms with Gasteiger partial charge in [-0.1, -0.05) is 30.0 Å². The molecule has 5 aromatic rings. The zero-order valence-electron chi connectivity index (χ0n) is 16.4. The standard InChI is InChI=1S/C22H17N5O3S/c1-12(20(28)23-13-8-9-16-17(11-13)26-22(29)25-16)31-21-14-5-2-3-6-15(14)24-19(27-21)18-7-4-10-30-18/h2-12H,1H3,(H,23,28)(H2,25,26,29)/t12-/m0/s1. The van der Waals surface area contributed by atoms with E-state index in [-0.39, 0.29) is 11.6 Å². The fraction of sp³-hybridized carbons (Fsp3) is 0.0909. The molecular formula is C22H17N5O3S. The number of carbonyl (C=O) groups excluding carboxylic acids is 1. The Morgan fingerprint density at radius 1 is 1.06 bits per heavy atom. The Bertz CT molecular complexity index is 1460. The van der Waals surface area contributed by atoms with Crippen molar-refractivity contribution in [2.45, 2.75) is 17.2 Å². The lowest BCUT2D eigenvalue weighted by molar-refractivity contribution is -0.115. The lowest BCUT2D eigenvalue weighted by atomic mass is 10.2. The minimum atomic E-state index is -0.427. The molecule has 3 aromatic heterocycles. The molecule has 9 heteroatoms. The number of H-pyrrole nitrogens is 2. The van der Waals surface area contributed by atoms with Crippen LogP contribution >= 0.6 is 11.8 Å². The van der Waals surface area contributed by atoms with Crippen LogP contribution in [-0.2, 0) is 4.79 Å². The molecule has 31 heavy (non-hydrogen) atoms. The molecule has 0 aliphatic rings. The molecule has 0 bridgehead atoms. The van der Waals surface area contributed by atoms with Gasteiger partial charge in [-0.15, -0.1) is 0 Å². The molecule has 0 fully saturated rings. The molecule has 0 aliphatic heterocycles. The molecule has 1 amide bonds. The molecule has 3 heterocycles. The van der Waals surface area contributed by atoms with Crippen molar-refractivity contribution in [1.82, 2.24) is 19.9 Å². The summed E-state index contributed by atoms with van der Waals surface area (Å²) in [5.41, 5.74) is 2.41. The maximum absolute atomic E-state index is 12.8. The van der Waals surface area contributed by atoms with Crippen molar-refractivity contribution in [3.05, 3.63) is 71.3 Å². The molecule has 0 saturated heterocycles. The van der Waals surface area contributed by atoms with E-state index in [4.69, 9.17) is 4.42 Å². The number of thioether (sulfide) groups is 1. The second kappa shape index (κ2) is 7.77. The van der Waals surface area contributed by atoms with Crippen molar-refractivity contribution in [3.8, 4) is 11.6 Å². The Morgan fingerprint density at radius 3 is 2.74 bits per heavy atom. The summed E-state index contributed by atoms with van der Waals surface area (Å²) in [5, 5.41) is 4.04. The van der Waals surface area contributed by atoms with Crippen LogP contribution in [0.4, 0.5) is 5.69 Å². The van der Waals surface area contributed by atoms with Gasteiger partial charge in [-0.25, -0.2) is 14.8 Å². The van der Waals surface area contributed by atoms with Crippen molar-refractivity contribution in [3.63, 3.8) is 0 Å². The number of rotatable bonds is 5. The topological polar surface area (TPSA) is 117 Å². The van der Waals surface area contributed by atoms with Gasteiger partial charge in [-0.2, -0.15) is 0 Å². The van der Waals surface area contributed by atoms with Crippen molar-refractivity contribution in [2.75, 3.05) is 5.32 Å². The Morgan fingerprint density at radius 2 is 1.90 bits per heavy atom. The second-order valence-corrected chi connectivity index (χ2v) is 8.27. The maximum atomic E-state index is 12.8. The number of hydrogen-bond acceptors (Lipinski definition) is 6.